The number of piperidine rings is 1. The predicted octanol–water partition coefficient (Wildman–Crippen LogP) is 7.06. The normalized spacial score (nSPS) is 15.8. The summed E-state index contributed by atoms with van der Waals surface area (Å²) in [6.45, 7) is 11.0. The Hall–Kier alpha value is -2.05. The lowest BCUT2D eigenvalue weighted by Crippen LogP contribution is -2.39. The lowest BCUT2D eigenvalue weighted by Gasteiger charge is -2.32. The molecule has 4 rings (SSSR count). The summed E-state index contributed by atoms with van der Waals surface area (Å²) in [5.41, 5.74) is 3.24. The summed E-state index contributed by atoms with van der Waals surface area (Å²) >= 11 is 12.8. The van der Waals surface area contributed by atoms with Gasteiger partial charge in [0, 0.05) is 42.5 Å². The molecule has 34 heavy (non-hydrogen) atoms. The molecule has 180 valence electrons. The molecule has 1 aromatic heterocycles. The van der Waals surface area contributed by atoms with E-state index in [9.17, 15) is 0 Å². The van der Waals surface area contributed by atoms with Crippen molar-refractivity contribution in [1.82, 2.24) is 20.2 Å². The number of nitrogens with one attached hydrogen (secondary N) is 1. The topological polar surface area (TPSA) is 41.1 Å². The molecule has 0 aliphatic carbocycles. The molecule has 1 fully saturated rings. The summed E-state index contributed by atoms with van der Waals surface area (Å²) in [6, 6.07) is 17.4. The van der Waals surface area contributed by atoms with Gasteiger partial charge in [0.2, 0.25) is 0 Å². The summed E-state index contributed by atoms with van der Waals surface area (Å²) in [7, 11) is 0. The third-order valence-corrected chi connectivity index (χ3v) is 7.34. The Morgan fingerprint density at radius 1 is 1.03 bits per heavy atom. The van der Waals surface area contributed by atoms with E-state index >= 15 is 0 Å². The van der Waals surface area contributed by atoms with Gasteiger partial charge in [-0.1, -0.05) is 90.9 Å². The average Bonchev–Trinajstić information content (AvgIpc) is 2.89. The molecule has 1 aliphatic heterocycles. The highest BCUT2D eigenvalue weighted by Gasteiger charge is 2.18. The highest BCUT2D eigenvalue weighted by molar-refractivity contribution is 7.99. The van der Waals surface area contributed by atoms with Crippen molar-refractivity contribution in [3.8, 4) is 11.1 Å². The minimum Gasteiger partial charge on any atom is -0.388 e. The van der Waals surface area contributed by atoms with E-state index in [2.05, 4.69) is 45.8 Å². The van der Waals surface area contributed by atoms with Crippen LogP contribution < -0.4 is 5.32 Å². The van der Waals surface area contributed by atoms with Gasteiger partial charge >= 0.3 is 0 Å². The van der Waals surface area contributed by atoms with Crippen LogP contribution in [-0.2, 0) is 0 Å². The number of likely N-dealkylation sites (tertiary alicyclic amines) is 1. The zero-order chi connectivity index (χ0) is 24.2. The zero-order valence-corrected chi connectivity index (χ0v) is 21.9. The standard InChI is InChI=1S/C21H28N4S.C6H4Cl2/c1-3-25-11-7-8-18(15-25)12-22-17(2)16-26-21-23-13-20(14-24-21)19-9-5-4-6-10-19;7-5-3-1-2-4-6(5)8/h4-6,9-10,13-14,18,22H,2-3,7-8,11-12,15-16H2,1H3;1-4H. The molecule has 0 bridgehead atoms. The van der Waals surface area contributed by atoms with Crippen molar-refractivity contribution >= 4 is 35.0 Å². The van der Waals surface area contributed by atoms with E-state index in [1.165, 1.54) is 25.9 Å². The Kier molecular flexibility index (Phi) is 11.2. The molecular formula is C27H32Cl2N4S. The second-order valence-corrected chi connectivity index (χ2v) is 9.97. The highest BCUT2D eigenvalue weighted by Crippen LogP contribution is 2.21. The van der Waals surface area contributed by atoms with Gasteiger partial charge in [-0.15, -0.1) is 0 Å². The van der Waals surface area contributed by atoms with Crippen LogP contribution in [0.1, 0.15) is 19.8 Å². The van der Waals surface area contributed by atoms with Crippen molar-refractivity contribution < 1.29 is 0 Å². The lowest BCUT2D eigenvalue weighted by atomic mass is 9.98. The Balaban J connectivity index is 0.000000343. The zero-order valence-electron chi connectivity index (χ0n) is 19.6. The quantitative estimate of drug-likeness (QED) is 0.257. The minimum absolute atomic E-state index is 0.606. The average molecular weight is 516 g/mol. The maximum atomic E-state index is 5.58. The molecule has 4 nitrogen and oxygen atoms in total. The predicted molar refractivity (Wildman–Crippen MR) is 147 cm³/mol. The minimum atomic E-state index is 0.606. The van der Waals surface area contributed by atoms with E-state index in [0.717, 1.165) is 46.7 Å². The van der Waals surface area contributed by atoms with Gasteiger partial charge in [0.1, 0.15) is 0 Å². The van der Waals surface area contributed by atoms with Gasteiger partial charge in [0.05, 0.1) is 10.0 Å². The second kappa shape index (κ2) is 14.4. The van der Waals surface area contributed by atoms with E-state index in [-0.39, 0.29) is 0 Å². The number of hydrogen-bond donors (Lipinski definition) is 1. The van der Waals surface area contributed by atoms with E-state index in [0.29, 0.717) is 10.0 Å². The fraction of sp³-hybridized carbons (Fsp3) is 0.333. The number of nitrogens with zero attached hydrogens (tertiary/aromatic N) is 3. The lowest BCUT2D eigenvalue weighted by molar-refractivity contribution is 0.182. The number of halogens is 2. The van der Waals surface area contributed by atoms with Gasteiger partial charge in [-0.25, -0.2) is 9.97 Å². The van der Waals surface area contributed by atoms with Crippen LogP contribution in [0.2, 0.25) is 10.0 Å². The third-order valence-electron chi connectivity index (χ3n) is 5.63. The fourth-order valence-corrected chi connectivity index (χ4v) is 4.64. The highest BCUT2D eigenvalue weighted by atomic mass is 35.5. The molecule has 2 aromatic carbocycles. The van der Waals surface area contributed by atoms with E-state index in [1.54, 1.807) is 23.9 Å². The first kappa shape index (κ1) is 26.6. The monoisotopic (exact) mass is 514 g/mol. The number of benzene rings is 2. The van der Waals surface area contributed by atoms with Gasteiger partial charge in [-0.2, -0.15) is 0 Å². The molecule has 1 saturated heterocycles. The first-order chi connectivity index (χ1) is 16.5. The Morgan fingerprint density at radius 3 is 2.29 bits per heavy atom. The van der Waals surface area contributed by atoms with Crippen molar-refractivity contribution in [2.75, 3.05) is 31.9 Å². The van der Waals surface area contributed by atoms with E-state index < -0.39 is 0 Å². The van der Waals surface area contributed by atoms with Gasteiger partial charge in [0.15, 0.2) is 5.16 Å². The molecule has 3 aromatic rings. The molecular weight excluding hydrogens is 483 g/mol. The van der Waals surface area contributed by atoms with Crippen molar-refractivity contribution in [1.29, 1.82) is 0 Å². The van der Waals surface area contributed by atoms with Crippen molar-refractivity contribution in [3.63, 3.8) is 0 Å². The van der Waals surface area contributed by atoms with Crippen LogP contribution in [0.3, 0.4) is 0 Å². The molecule has 7 heteroatoms. The molecule has 1 aliphatic rings. The molecule has 0 saturated carbocycles. The molecule has 1 N–H and O–H groups in total. The van der Waals surface area contributed by atoms with Crippen molar-refractivity contribution in [3.05, 3.63) is 89.3 Å². The molecule has 0 amide bonds. The largest absolute Gasteiger partial charge is 0.388 e. The first-order valence-electron chi connectivity index (χ1n) is 11.6. The first-order valence-corrected chi connectivity index (χ1v) is 13.3. The summed E-state index contributed by atoms with van der Waals surface area (Å²) in [5.74, 6) is 1.53. The molecule has 0 spiro atoms. The van der Waals surface area contributed by atoms with Crippen LogP contribution >= 0.6 is 35.0 Å². The van der Waals surface area contributed by atoms with Crippen LogP contribution in [0.5, 0.6) is 0 Å². The Bertz CT molecular complexity index is 994. The Morgan fingerprint density at radius 2 is 1.68 bits per heavy atom. The van der Waals surface area contributed by atoms with Crippen LogP contribution in [0.25, 0.3) is 11.1 Å². The molecule has 2 heterocycles. The fourth-order valence-electron chi connectivity index (χ4n) is 3.71. The van der Waals surface area contributed by atoms with E-state index in [1.807, 2.05) is 42.7 Å². The van der Waals surface area contributed by atoms with Crippen molar-refractivity contribution in [2.45, 2.75) is 24.9 Å². The van der Waals surface area contributed by atoms with Crippen LogP contribution in [0.15, 0.2) is 84.4 Å². The molecule has 0 radical (unpaired) electrons. The number of rotatable bonds is 8. The second-order valence-electron chi connectivity index (χ2n) is 8.21. The summed E-state index contributed by atoms with van der Waals surface area (Å²) in [4.78, 5) is 11.5. The Labute approximate surface area is 217 Å². The summed E-state index contributed by atoms with van der Waals surface area (Å²) in [6.07, 6.45) is 6.40. The van der Waals surface area contributed by atoms with Crippen molar-refractivity contribution in [2.24, 2.45) is 5.92 Å². The number of aromatic nitrogens is 2. The summed E-state index contributed by atoms with van der Waals surface area (Å²) < 4.78 is 0. The maximum absolute atomic E-state index is 5.58. The number of hydrogen-bond acceptors (Lipinski definition) is 5. The molecule has 1 atom stereocenters. The van der Waals surface area contributed by atoms with Gasteiger partial charge in [-0.05, 0) is 49.5 Å². The van der Waals surface area contributed by atoms with Gasteiger partial charge in [0.25, 0.3) is 0 Å². The van der Waals surface area contributed by atoms with Gasteiger partial charge < -0.3 is 10.2 Å². The van der Waals surface area contributed by atoms with Crippen LogP contribution in [0.4, 0.5) is 0 Å². The smallest absolute Gasteiger partial charge is 0.187 e. The van der Waals surface area contributed by atoms with Crippen LogP contribution in [-0.4, -0.2) is 46.8 Å². The molecule has 1 unspecified atom stereocenters. The van der Waals surface area contributed by atoms with Crippen LogP contribution in [0, 0.1) is 5.92 Å². The number of thioether (sulfide) groups is 1. The SMILES string of the molecule is C=C(CSc1ncc(-c2ccccc2)cn1)NCC1CCCN(CC)C1.Clc1ccccc1Cl. The van der Waals surface area contributed by atoms with Gasteiger partial charge in [-0.3, -0.25) is 0 Å². The third kappa shape index (κ3) is 8.95. The summed E-state index contributed by atoms with van der Waals surface area (Å²) in [5, 5.41) is 5.51. The maximum Gasteiger partial charge on any atom is 0.187 e. The van der Waals surface area contributed by atoms with E-state index in [4.69, 9.17) is 23.2 Å².